The molecule has 0 heterocycles. The average Bonchev–Trinajstić information content (AvgIpc) is 3.08. The maximum atomic E-state index is 11.6. The van der Waals surface area contributed by atoms with Crippen LogP contribution in [0.5, 0.6) is 5.75 Å². The molecule has 1 aliphatic rings. The predicted octanol–water partition coefficient (Wildman–Crippen LogP) is 1.01. The molecule has 0 aliphatic heterocycles. The van der Waals surface area contributed by atoms with Crippen LogP contribution in [0.3, 0.4) is 0 Å². The third-order valence-electron chi connectivity index (χ3n) is 3.01. The Morgan fingerprint density at radius 1 is 1.47 bits per heavy atom. The van der Waals surface area contributed by atoms with Crippen LogP contribution >= 0.6 is 0 Å². The number of benzene rings is 1. The molecule has 0 bridgehead atoms. The second-order valence-electron chi connectivity index (χ2n) is 4.54. The quantitative estimate of drug-likeness (QED) is 0.801. The first-order valence-electron chi connectivity index (χ1n) is 5.75. The van der Waals surface area contributed by atoms with Crippen LogP contribution in [-0.4, -0.2) is 29.8 Å². The number of carbonyl (C=O) groups excluding carboxylic acids is 1. The monoisotopic (exact) mass is 235 g/mol. The van der Waals surface area contributed by atoms with Crippen LogP contribution in [0.15, 0.2) is 24.3 Å². The Morgan fingerprint density at radius 2 is 2.18 bits per heavy atom. The lowest BCUT2D eigenvalue weighted by Crippen LogP contribution is -2.42. The van der Waals surface area contributed by atoms with Gasteiger partial charge in [0.1, 0.15) is 5.75 Å². The van der Waals surface area contributed by atoms with Gasteiger partial charge in [0.25, 0.3) is 5.91 Å². The standard InChI is InChI=1S/C13H17NO3/c1-10-4-2-3-5-11(10)17-8-12(16)14-13(9-15)6-7-13/h2-5,15H,6-9H2,1H3,(H,14,16). The van der Waals surface area contributed by atoms with Gasteiger partial charge in [0.2, 0.25) is 0 Å². The zero-order valence-corrected chi connectivity index (χ0v) is 9.90. The summed E-state index contributed by atoms with van der Waals surface area (Å²) in [6.45, 7) is 1.93. The van der Waals surface area contributed by atoms with Crippen molar-refractivity contribution in [2.24, 2.45) is 0 Å². The Morgan fingerprint density at radius 3 is 2.76 bits per heavy atom. The molecular formula is C13H17NO3. The molecule has 4 nitrogen and oxygen atoms in total. The van der Waals surface area contributed by atoms with Crippen molar-refractivity contribution in [2.45, 2.75) is 25.3 Å². The number of rotatable bonds is 5. The molecule has 1 aliphatic carbocycles. The number of hydrogen-bond donors (Lipinski definition) is 2. The van der Waals surface area contributed by atoms with Crippen LogP contribution in [0, 0.1) is 6.92 Å². The molecule has 1 aromatic carbocycles. The van der Waals surface area contributed by atoms with E-state index < -0.39 is 0 Å². The van der Waals surface area contributed by atoms with Crippen molar-refractivity contribution in [3.63, 3.8) is 0 Å². The first-order valence-corrected chi connectivity index (χ1v) is 5.75. The van der Waals surface area contributed by atoms with Crippen molar-refractivity contribution in [2.75, 3.05) is 13.2 Å². The molecule has 0 atom stereocenters. The molecule has 0 saturated heterocycles. The number of aliphatic hydroxyl groups is 1. The predicted molar refractivity (Wildman–Crippen MR) is 63.9 cm³/mol. The highest BCUT2D eigenvalue weighted by Gasteiger charge is 2.43. The van der Waals surface area contributed by atoms with E-state index in [0.717, 1.165) is 24.2 Å². The maximum absolute atomic E-state index is 11.6. The van der Waals surface area contributed by atoms with Gasteiger partial charge in [-0.2, -0.15) is 0 Å². The summed E-state index contributed by atoms with van der Waals surface area (Å²) in [4.78, 5) is 11.6. The molecule has 4 heteroatoms. The Hall–Kier alpha value is -1.55. The normalized spacial score (nSPS) is 16.4. The highest BCUT2D eigenvalue weighted by atomic mass is 16.5. The zero-order valence-electron chi connectivity index (χ0n) is 9.90. The zero-order chi connectivity index (χ0) is 12.3. The van der Waals surface area contributed by atoms with E-state index in [-0.39, 0.29) is 24.7 Å². The van der Waals surface area contributed by atoms with Gasteiger partial charge in [0.05, 0.1) is 12.1 Å². The molecule has 0 unspecified atom stereocenters. The summed E-state index contributed by atoms with van der Waals surface area (Å²) in [5, 5.41) is 11.9. The number of aryl methyl sites for hydroxylation is 1. The molecule has 2 N–H and O–H groups in total. The van der Waals surface area contributed by atoms with Crippen molar-refractivity contribution in [3.05, 3.63) is 29.8 Å². The largest absolute Gasteiger partial charge is 0.484 e. The van der Waals surface area contributed by atoms with Crippen molar-refractivity contribution < 1.29 is 14.6 Å². The van der Waals surface area contributed by atoms with Crippen LogP contribution in [0.4, 0.5) is 0 Å². The maximum Gasteiger partial charge on any atom is 0.258 e. The van der Waals surface area contributed by atoms with Crippen LogP contribution in [0.25, 0.3) is 0 Å². The number of ether oxygens (including phenoxy) is 1. The van der Waals surface area contributed by atoms with Crippen LogP contribution in [0.1, 0.15) is 18.4 Å². The van der Waals surface area contributed by atoms with E-state index in [9.17, 15) is 4.79 Å². The molecule has 92 valence electrons. The van der Waals surface area contributed by atoms with Gasteiger partial charge in [-0.1, -0.05) is 18.2 Å². The van der Waals surface area contributed by atoms with Gasteiger partial charge in [0, 0.05) is 0 Å². The van der Waals surface area contributed by atoms with Crippen molar-refractivity contribution >= 4 is 5.91 Å². The smallest absolute Gasteiger partial charge is 0.258 e. The Kier molecular flexibility index (Phi) is 3.33. The molecule has 0 radical (unpaired) electrons. The number of amides is 1. The van der Waals surface area contributed by atoms with Gasteiger partial charge in [0.15, 0.2) is 6.61 Å². The number of para-hydroxylation sites is 1. The number of hydrogen-bond acceptors (Lipinski definition) is 3. The van der Waals surface area contributed by atoms with Gasteiger partial charge < -0.3 is 15.2 Å². The Labute approximate surface area is 101 Å². The lowest BCUT2D eigenvalue weighted by molar-refractivity contribution is -0.124. The van der Waals surface area contributed by atoms with E-state index >= 15 is 0 Å². The fraction of sp³-hybridized carbons (Fsp3) is 0.462. The minimum absolute atomic E-state index is 0.00308. The van der Waals surface area contributed by atoms with E-state index in [0.29, 0.717) is 0 Å². The van der Waals surface area contributed by atoms with Crippen LogP contribution in [-0.2, 0) is 4.79 Å². The number of nitrogens with one attached hydrogen (secondary N) is 1. The molecular weight excluding hydrogens is 218 g/mol. The van der Waals surface area contributed by atoms with E-state index in [1.807, 2.05) is 31.2 Å². The van der Waals surface area contributed by atoms with Gasteiger partial charge in [-0.15, -0.1) is 0 Å². The first-order chi connectivity index (χ1) is 8.15. The van der Waals surface area contributed by atoms with E-state index in [1.165, 1.54) is 0 Å². The summed E-state index contributed by atoms with van der Waals surface area (Å²) in [6, 6.07) is 7.56. The molecule has 2 rings (SSSR count). The van der Waals surface area contributed by atoms with Crippen molar-refractivity contribution in [1.82, 2.24) is 5.32 Å². The van der Waals surface area contributed by atoms with Crippen LogP contribution < -0.4 is 10.1 Å². The molecule has 1 aromatic rings. The van der Waals surface area contributed by atoms with Crippen molar-refractivity contribution in [3.8, 4) is 5.75 Å². The fourth-order valence-corrected chi connectivity index (χ4v) is 1.67. The van der Waals surface area contributed by atoms with Crippen LogP contribution in [0.2, 0.25) is 0 Å². The minimum atomic E-state index is -0.369. The second-order valence-corrected chi connectivity index (χ2v) is 4.54. The molecule has 17 heavy (non-hydrogen) atoms. The summed E-state index contributed by atoms with van der Waals surface area (Å²) >= 11 is 0. The highest BCUT2D eigenvalue weighted by Crippen LogP contribution is 2.34. The topological polar surface area (TPSA) is 58.6 Å². The minimum Gasteiger partial charge on any atom is -0.484 e. The van der Waals surface area contributed by atoms with Gasteiger partial charge in [-0.25, -0.2) is 0 Å². The summed E-state index contributed by atoms with van der Waals surface area (Å²) < 4.78 is 5.42. The second kappa shape index (κ2) is 4.75. The average molecular weight is 235 g/mol. The summed E-state index contributed by atoms with van der Waals surface area (Å²) in [5.74, 6) is 0.538. The van der Waals surface area contributed by atoms with Gasteiger partial charge in [-0.05, 0) is 31.4 Å². The first kappa shape index (κ1) is 11.9. The SMILES string of the molecule is Cc1ccccc1OCC(=O)NC1(CO)CC1. The summed E-state index contributed by atoms with van der Waals surface area (Å²) in [7, 11) is 0. The van der Waals surface area contributed by atoms with Crippen molar-refractivity contribution in [1.29, 1.82) is 0 Å². The van der Waals surface area contributed by atoms with Gasteiger partial charge >= 0.3 is 0 Å². The molecule has 1 amide bonds. The third kappa shape index (κ3) is 2.97. The van der Waals surface area contributed by atoms with E-state index in [4.69, 9.17) is 9.84 Å². The Balaban J connectivity index is 1.82. The van der Waals surface area contributed by atoms with Gasteiger partial charge in [-0.3, -0.25) is 4.79 Å². The lowest BCUT2D eigenvalue weighted by atomic mass is 10.2. The summed E-state index contributed by atoms with van der Waals surface area (Å²) in [5.41, 5.74) is 0.634. The summed E-state index contributed by atoms with van der Waals surface area (Å²) in [6.07, 6.45) is 1.69. The Bertz CT molecular complexity index is 413. The highest BCUT2D eigenvalue weighted by molar-refractivity contribution is 5.78. The third-order valence-corrected chi connectivity index (χ3v) is 3.01. The molecule has 1 fully saturated rings. The van der Waals surface area contributed by atoms with E-state index in [2.05, 4.69) is 5.32 Å². The molecule has 0 aromatic heterocycles. The molecule has 1 saturated carbocycles. The number of carbonyl (C=O) groups is 1. The lowest BCUT2D eigenvalue weighted by Gasteiger charge is -2.15. The fourth-order valence-electron chi connectivity index (χ4n) is 1.67. The number of aliphatic hydroxyl groups excluding tert-OH is 1. The molecule has 0 spiro atoms. The van der Waals surface area contributed by atoms with E-state index in [1.54, 1.807) is 0 Å².